The molecule has 0 spiro atoms. The van der Waals surface area contributed by atoms with Gasteiger partial charge >= 0.3 is 0 Å². The first kappa shape index (κ1) is 14.3. The summed E-state index contributed by atoms with van der Waals surface area (Å²) in [5.74, 6) is 2.54. The summed E-state index contributed by atoms with van der Waals surface area (Å²) in [7, 11) is 1.93. The molecule has 1 aliphatic rings. The third kappa shape index (κ3) is 2.79. The van der Waals surface area contributed by atoms with Gasteiger partial charge in [-0.25, -0.2) is 0 Å². The molecule has 120 valence electrons. The number of ether oxygens (including phenoxy) is 2. The Bertz CT molecular complexity index is 857. The molecule has 2 aromatic carbocycles. The van der Waals surface area contributed by atoms with Gasteiger partial charge in [-0.2, -0.15) is 10.1 Å². The Morgan fingerprint density at radius 2 is 1.88 bits per heavy atom. The molecule has 1 N–H and O–H groups in total. The quantitative estimate of drug-likeness (QED) is 0.791. The number of benzene rings is 2. The summed E-state index contributed by atoms with van der Waals surface area (Å²) in [5, 5.41) is 11.2. The lowest BCUT2D eigenvalue weighted by atomic mass is 10.3. The molecular formula is C17H15N5O2. The van der Waals surface area contributed by atoms with E-state index in [1.54, 1.807) is 6.20 Å². The van der Waals surface area contributed by atoms with Crippen LogP contribution in [0.15, 0.2) is 54.7 Å². The van der Waals surface area contributed by atoms with Crippen LogP contribution in [0.1, 0.15) is 0 Å². The van der Waals surface area contributed by atoms with Gasteiger partial charge in [-0.15, -0.1) is 5.10 Å². The largest absolute Gasteiger partial charge is 0.454 e. The number of nitrogens with one attached hydrogen (secondary N) is 1. The van der Waals surface area contributed by atoms with Crippen LogP contribution in [0, 0.1) is 0 Å². The number of rotatable bonds is 4. The summed E-state index contributed by atoms with van der Waals surface area (Å²) in [5.41, 5.74) is 1.83. The van der Waals surface area contributed by atoms with Gasteiger partial charge in [0.2, 0.25) is 12.7 Å². The normalized spacial score (nSPS) is 12.0. The van der Waals surface area contributed by atoms with Crippen LogP contribution in [0.3, 0.4) is 0 Å². The third-order valence-corrected chi connectivity index (χ3v) is 3.66. The molecule has 0 saturated heterocycles. The maximum atomic E-state index is 5.37. The Morgan fingerprint density at radius 1 is 1.04 bits per heavy atom. The van der Waals surface area contributed by atoms with E-state index >= 15 is 0 Å². The predicted octanol–water partition coefficient (Wildman–Crippen LogP) is 3.11. The van der Waals surface area contributed by atoms with Crippen LogP contribution in [0.2, 0.25) is 0 Å². The van der Waals surface area contributed by atoms with Gasteiger partial charge in [0.1, 0.15) is 0 Å². The number of hydrogen-bond donors (Lipinski definition) is 1. The van der Waals surface area contributed by atoms with Gasteiger partial charge in [-0.1, -0.05) is 18.2 Å². The Balaban J connectivity index is 1.57. The van der Waals surface area contributed by atoms with Crippen molar-refractivity contribution in [3.63, 3.8) is 0 Å². The second-order valence-corrected chi connectivity index (χ2v) is 5.23. The molecule has 0 fully saturated rings. The fourth-order valence-corrected chi connectivity index (χ4v) is 2.40. The van der Waals surface area contributed by atoms with E-state index < -0.39 is 0 Å². The molecule has 2 heterocycles. The zero-order valence-electron chi connectivity index (χ0n) is 13.0. The molecule has 24 heavy (non-hydrogen) atoms. The number of anilines is 4. The molecule has 0 bridgehead atoms. The van der Waals surface area contributed by atoms with E-state index in [-0.39, 0.29) is 6.79 Å². The zero-order valence-corrected chi connectivity index (χ0v) is 13.0. The minimum absolute atomic E-state index is 0.244. The van der Waals surface area contributed by atoms with Crippen molar-refractivity contribution < 1.29 is 9.47 Å². The Hall–Kier alpha value is -3.35. The Morgan fingerprint density at radius 3 is 2.75 bits per heavy atom. The summed E-state index contributed by atoms with van der Waals surface area (Å²) < 4.78 is 10.7. The zero-order chi connectivity index (χ0) is 16.4. The second-order valence-electron chi connectivity index (χ2n) is 5.23. The van der Waals surface area contributed by atoms with Crippen LogP contribution in [0.4, 0.5) is 23.1 Å². The van der Waals surface area contributed by atoms with Crippen molar-refractivity contribution in [2.24, 2.45) is 0 Å². The average molecular weight is 321 g/mol. The molecular weight excluding hydrogens is 306 g/mol. The molecule has 0 atom stereocenters. The van der Waals surface area contributed by atoms with Crippen molar-refractivity contribution in [2.75, 3.05) is 24.1 Å². The van der Waals surface area contributed by atoms with Crippen molar-refractivity contribution in [1.29, 1.82) is 0 Å². The van der Waals surface area contributed by atoms with Crippen molar-refractivity contribution in [3.05, 3.63) is 54.7 Å². The van der Waals surface area contributed by atoms with E-state index in [0.717, 1.165) is 17.1 Å². The topological polar surface area (TPSA) is 72.4 Å². The van der Waals surface area contributed by atoms with E-state index in [2.05, 4.69) is 20.5 Å². The highest BCUT2D eigenvalue weighted by molar-refractivity contribution is 5.62. The molecule has 1 aliphatic heterocycles. The number of aromatic nitrogens is 3. The standard InChI is InChI=1S/C17H15N5O2/c1-22(13-5-3-2-4-6-13)16-10-18-21-17(20-16)19-12-7-8-14-15(9-12)24-11-23-14/h2-10H,11H2,1H3,(H,19,20,21). The first-order valence-corrected chi connectivity index (χ1v) is 7.45. The molecule has 0 unspecified atom stereocenters. The molecule has 4 rings (SSSR count). The van der Waals surface area contributed by atoms with E-state index in [4.69, 9.17) is 9.47 Å². The maximum Gasteiger partial charge on any atom is 0.249 e. The number of para-hydroxylation sites is 1. The fourth-order valence-electron chi connectivity index (χ4n) is 2.40. The smallest absolute Gasteiger partial charge is 0.249 e. The Kier molecular flexibility index (Phi) is 3.59. The van der Waals surface area contributed by atoms with Crippen LogP contribution in [-0.4, -0.2) is 29.0 Å². The summed E-state index contributed by atoms with van der Waals surface area (Å²) >= 11 is 0. The van der Waals surface area contributed by atoms with Gasteiger partial charge < -0.3 is 19.7 Å². The molecule has 3 aromatic rings. The van der Waals surface area contributed by atoms with Gasteiger partial charge in [0.15, 0.2) is 17.3 Å². The second kappa shape index (κ2) is 6.04. The summed E-state index contributed by atoms with van der Waals surface area (Å²) in [6.45, 7) is 0.244. The van der Waals surface area contributed by atoms with Crippen LogP contribution < -0.4 is 19.7 Å². The lowest BCUT2D eigenvalue weighted by Gasteiger charge is -2.18. The lowest BCUT2D eigenvalue weighted by Crippen LogP contribution is -2.13. The molecule has 7 heteroatoms. The van der Waals surface area contributed by atoms with Crippen LogP contribution in [-0.2, 0) is 0 Å². The summed E-state index contributed by atoms with van der Waals surface area (Å²) in [6, 6.07) is 15.5. The van der Waals surface area contributed by atoms with Crippen LogP contribution in [0.25, 0.3) is 0 Å². The van der Waals surface area contributed by atoms with Gasteiger partial charge in [-0.3, -0.25) is 0 Å². The number of hydrogen-bond acceptors (Lipinski definition) is 7. The summed E-state index contributed by atoms with van der Waals surface area (Å²) in [6.07, 6.45) is 1.62. The molecule has 0 amide bonds. The predicted molar refractivity (Wildman–Crippen MR) is 90.2 cm³/mol. The molecule has 0 saturated carbocycles. The number of fused-ring (bicyclic) bond motifs is 1. The van der Waals surface area contributed by atoms with Gasteiger partial charge in [-0.05, 0) is 24.3 Å². The molecule has 0 radical (unpaired) electrons. The lowest BCUT2D eigenvalue weighted by molar-refractivity contribution is 0.174. The third-order valence-electron chi connectivity index (χ3n) is 3.66. The van der Waals surface area contributed by atoms with Crippen molar-refractivity contribution >= 4 is 23.1 Å². The van der Waals surface area contributed by atoms with Crippen molar-refractivity contribution in [3.8, 4) is 11.5 Å². The first-order chi connectivity index (χ1) is 11.8. The maximum absolute atomic E-state index is 5.37. The highest BCUT2D eigenvalue weighted by Crippen LogP contribution is 2.34. The van der Waals surface area contributed by atoms with Crippen LogP contribution >= 0.6 is 0 Å². The molecule has 7 nitrogen and oxygen atoms in total. The van der Waals surface area contributed by atoms with E-state index in [9.17, 15) is 0 Å². The minimum Gasteiger partial charge on any atom is -0.454 e. The minimum atomic E-state index is 0.244. The average Bonchev–Trinajstić information content (AvgIpc) is 3.10. The number of nitrogens with zero attached hydrogens (tertiary/aromatic N) is 4. The summed E-state index contributed by atoms with van der Waals surface area (Å²) in [4.78, 5) is 6.45. The highest BCUT2D eigenvalue weighted by atomic mass is 16.7. The van der Waals surface area contributed by atoms with Crippen molar-refractivity contribution in [1.82, 2.24) is 15.2 Å². The highest BCUT2D eigenvalue weighted by Gasteiger charge is 2.14. The fraction of sp³-hybridized carbons (Fsp3) is 0.118. The van der Waals surface area contributed by atoms with E-state index in [1.165, 1.54) is 0 Å². The monoisotopic (exact) mass is 321 g/mol. The molecule has 0 aliphatic carbocycles. The van der Waals surface area contributed by atoms with Gasteiger partial charge in [0.25, 0.3) is 0 Å². The van der Waals surface area contributed by atoms with Gasteiger partial charge in [0.05, 0.1) is 6.20 Å². The van der Waals surface area contributed by atoms with Crippen LogP contribution in [0.5, 0.6) is 11.5 Å². The van der Waals surface area contributed by atoms with E-state index in [1.807, 2.05) is 60.5 Å². The first-order valence-electron chi connectivity index (χ1n) is 7.45. The molecule has 1 aromatic heterocycles. The van der Waals surface area contributed by atoms with Crippen molar-refractivity contribution in [2.45, 2.75) is 0 Å². The SMILES string of the molecule is CN(c1ccccc1)c1cnnc(Nc2ccc3c(c2)OCO3)n1. The van der Waals surface area contributed by atoms with E-state index in [0.29, 0.717) is 17.5 Å². The Labute approximate surface area is 138 Å². The van der Waals surface area contributed by atoms with Gasteiger partial charge in [0, 0.05) is 24.5 Å².